The minimum Gasteiger partial charge on any atom is 0 e. The largest absolute Gasteiger partial charge is 0 e. The Morgan fingerprint density at radius 3 is 1.00 bits per heavy atom. The molecule has 0 aliphatic heterocycles. The Bertz CT molecular complexity index is 11.6. The molecule has 0 unspecified atom stereocenters. The van der Waals surface area contributed by atoms with Crippen molar-refractivity contribution in [3.05, 3.63) is 0 Å². The second-order valence-corrected chi connectivity index (χ2v) is 35.6. The van der Waals surface area contributed by atoms with Crippen molar-refractivity contribution in [1.29, 1.82) is 0 Å². The molecule has 0 atom stereocenters. The molecule has 0 nitrogen and oxygen atoms in total. The van der Waals surface area contributed by atoms with Gasteiger partial charge in [-0.1, -0.05) is 0 Å². The minimum atomic E-state index is -0.278. The summed E-state index contributed by atoms with van der Waals surface area (Å²) in [6.45, 7) is 0. The third kappa shape index (κ3) is 18.3. The zero-order valence-electron chi connectivity index (χ0n) is 2.16. The maximum absolute atomic E-state index is 2.46. The van der Waals surface area contributed by atoms with Gasteiger partial charge in [0.1, 0.15) is 0 Å². The Labute approximate surface area is 88.1 Å². The second kappa shape index (κ2) is 7.64. The molecule has 0 fully saturated rings. The summed E-state index contributed by atoms with van der Waals surface area (Å²) in [7, 11) is 0. The van der Waals surface area contributed by atoms with Crippen LogP contribution in [-0.2, 0) is 4.92 Å². The van der Waals surface area contributed by atoms with Gasteiger partial charge in [0.05, 0.1) is 0 Å². The molecule has 0 aliphatic rings. The molecule has 0 aromatic rings. The fourth-order valence-electron chi connectivity index (χ4n) is 0. The van der Waals surface area contributed by atoms with Crippen molar-refractivity contribution >= 4 is 85.8 Å². The van der Waals surface area contributed by atoms with Gasteiger partial charge < -0.3 is 0 Å². The first-order chi connectivity index (χ1) is 1.73. The minimum absolute atomic E-state index is 0. The molecule has 0 bridgehead atoms. The zero-order chi connectivity index (χ0) is 3.58. The van der Waals surface area contributed by atoms with Crippen LogP contribution in [0.1, 0.15) is 0 Å². The topological polar surface area (TPSA) is 0 Å². The summed E-state index contributed by atoms with van der Waals surface area (Å²) in [5.74, 6) is 0. The fourth-order valence-corrected chi connectivity index (χ4v) is 0. The molecule has 0 amide bonds. The van der Waals surface area contributed by atoms with Crippen molar-refractivity contribution in [1.82, 2.24) is 0 Å². The van der Waals surface area contributed by atoms with Crippen LogP contribution in [-0.4, -0.2) is 25.8 Å². The Morgan fingerprint density at radius 2 is 1.00 bits per heavy atom. The molecule has 0 aromatic heterocycles. The summed E-state index contributed by atoms with van der Waals surface area (Å²) in [4.78, 5) is -0.278. The molecule has 0 aliphatic carbocycles. The summed E-state index contributed by atoms with van der Waals surface area (Å²) in [5, 5.41) is 0. The van der Waals surface area contributed by atoms with E-state index in [0.717, 1.165) is 0 Å². The Kier molecular flexibility index (Phi) is 17.5. The predicted molar refractivity (Wildman–Crippen MR) is 47.8 cm³/mol. The Balaban J connectivity index is 0. The second-order valence-electron chi connectivity index (χ2n) is 0.192. The molecule has 5 heavy (non-hydrogen) atoms. The van der Waals surface area contributed by atoms with Crippen LogP contribution in [0.3, 0.4) is 0 Å². The van der Waals surface area contributed by atoms with Crippen LogP contribution in [0.2, 0.25) is 0 Å². The van der Waals surface area contributed by atoms with Gasteiger partial charge in [0.2, 0.25) is 0 Å². The first kappa shape index (κ1) is 11.4. The van der Waals surface area contributed by atoms with Crippen LogP contribution in [0.4, 0.5) is 0 Å². The molecule has 0 saturated carbocycles. The number of rotatable bonds is 0. The predicted octanol–water partition coefficient (Wildman–Crippen LogP) is 2.27. The monoisotopic (exact) mass is 547 g/mol. The van der Waals surface area contributed by atoms with E-state index in [1.54, 1.807) is 0 Å². The quantitative estimate of drug-likeness (QED) is 0.410. The van der Waals surface area contributed by atoms with Crippen molar-refractivity contribution in [3.63, 3.8) is 0 Å². The Morgan fingerprint density at radius 1 is 1.00 bits per heavy atom. The molecule has 5 heteroatoms. The van der Waals surface area contributed by atoms with Gasteiger partial charge in [-0.3, -0.25) is 0 Å². The van der Waals surface area contributed by atoms with Crippen LogP contribution >= 0.6 is 59.9 Å². The molecule has 0 spiro atoms. The van der Waals surface area contributed by atoms with Gasteiger partial charge in [-0.05, 0) is 0 Å². The summed E-state index contributed by atoms with van der Waals surface area (Å²) in [6.07, 6.45) is 0. The van der Waals surface area contributed by atoms with Crippen LogP contribution in [0.5, 0.6) is 0 Å². The van der Waals surface area contributed by atoms with Gasteiger partial charge in [0, 0.05) is 25.8 Å². The first-order valence-corrected chi connectivity index (χ1v) is 14.0. The third-order valence-corrected chi connectivity index (χ3v) is 0. The molecule has 3 radical (unpaired) electrons. The average Bonchev–Trinajstić information content (AvgIpc) is 0.811. The van der Waals surface area contributed by atoms with Crippen molar-refractivity contribution in [2.45, 2.75) is 0 Å². The number of halogens is 3. The van der Waals surface area contributed by atoms with E-state index >= 15 is 0 Å². The summed E-state index contributed by atoms with van der Waals surface area (Å²) < 4.78 is 0. The molecule has 0 N–H and O–H groups in total. The van der Waals surface area contributed by atoms with Gasteiger partial charge in [0.25, 0.3) is 0 Å². The molecule has 0 aromatic carbocycles. The summed E-state index contributed by atoms with van der Waals surface area (Å²) in [6, 6.07) is 0. The van der Waals surface area contributed by atoms with Crippen LogP contribution in [0, 0.1) is 0 Å². The van der Waals surface area contributed by atoms with E-state index in [-0.39, 0.29) is 30.8 Å². The van der Waals surface area contributed by atoms with Crippen molar-refractivity contribution in [3.8, 4) is 0 Å². The van der Waals surface area contributed by atoms with Gasteiger partial charge in [-0.25, -0.2) is 0 Å². The molecule has 0 saturated heterocycles. The van der Waals surface area contributed by atoms with Crippen LogP contribution < -0.4 is 0 Å². The van der Waals surface area contributed by atoms with Crippen molar-refractivity contribution in [2.75, 3.05) is 0 Å². The van der Waals surface area contributed by atoms with E-state index in [4.69, 9.17) is 0 Å². The molecule has 0 rings (SSSR count). The smallest absolute Gasteiger partial charge is 0 e. The van der Waals surface area contributed by atoms with Crippen molar-refractivity contribution < 1.29 is 4.92 Å². The third-order valence-electron chi connectivity index (χ3n) is 0. The van der Waals surface area contributed by atoms with E-state index in [1.165, 1.54) is 0 Å². The van der Waals surface area contributed by atoms with Gasteiger partial charge in [-0.15, -0.1) is 0 Å². The normalized spacial score (nSPS) is 7.20. The molecule has 29 valence electrons. The van der Waals surface area contributed by atoms with Gasteiger partial charge >= 0.3 is 64.9 Å². The van der Waals surface area contributed by atoms with E-state index in [0.29, 0.717) is 0 Å². The summed E-state index contributed by atoms with van der Waals surface area (Å²) in [5.41, 5.74) is 0. The maximum Gasteiger partial charge on any atom is 0 e. The Hall–Kier alpha value is 3.64. The average molecular weight is 546 g/mol. The molecular weight excluding hydrogens is 546 g/mol. The summed E-state index contributed by atoms with van der Waals surface area (Å²) >= 11 is 7.39. The number of hydrogen-bond donors (Lipinski definition) is 0. The first-order valence-electron chi connectivity index (χ1n) is 0.507. The van der Waals surface area contributed by atoms with Crippen LogP contribution in [0.25, 0.3) is 0 Å². The van der Waals surface area contributed by atoms with E-state index in [9.17, 15) is 0 Å². The molecule has 0 heterocycles. The van der Waals surface area contributed by atoms with Gasteiger partial charge in [-0.2, -0.15) is 0 Å². The standard InChI is InChI=1S/3HI.In.V/h3*1H;;/q;;;;+3/p-3. The van der Waals surface area contributed by atoms with E-state index in [2.05, 4.69) is 59.9 Å². The number of hydrogen-bond acceptors (Lipinski definition) is 0. The molecular formula is I3InV. The van der Waals surface area contributed by atoms with Gasteiger partial charge in [0.15, 0.2) is 0 Å². The maximum atomic E-state index is 2.46. The van der Waals surface area contributed by atoms with Crippen LogP contribution in [0.15, 0.2) is 0 Å². The van der Waals surface area contributed by atoms with E-state index < -0.39 is 0 Å². The van der Waals surface area contributed by atoms with Crippen molar-refractivity contribution in [2.24, 2.45) is 0 Å². The zero-order valence-corrected chi connectivity index (χ0v) is 13.3. The fraction of sp³-hybridized carbons (Fsp3) is 0. The SMILES string of the molecule is [I][V]([I])[I].[In]. The van der Waals surface area contributed by atoms with E-state index in [1.807, 2.05) is 0 Å².